The van der Waals surface area contributed by atoms with E-state index in [1.807, 2.05) is 29.4 Å². The van der Waals surface area contributed by atoms with Gasteiger partial charge in [0.1, 0.15) is 11.8 Å². The molecule has 1 saturated heterocycles. The summed E-state index contributed by atoms with van der Waals surface area (Å²) >= 11 is 1.64. The van der Waals surface area contributed by atoms with Crippen LogP contribution in [0.2, 0.25) is 0 Å². The number of benzene rings is 1. The third-order valence-electron chi connectivity index (χ3n) is 5.19. The Hall–Kier alpha value is -2.22. The molecular formula is C21H29N3O4S. The number of hydrogen-bond donors (Lipinski definition) is 1. The largest absolute Gasteiger partial charge is 0.484 e. The van der Waals surface area contributed by atoms with Crippen LogP contribution in [0, 0.1) is 5.92 Å². The Labute approximate surface area is 176 Å². The summed E-state index contributed by atoms with van der Waals surface area (Å²) in [6.07, 6.45) is 4.53. The maximum absolute atomic E-state index is 13.0. The molecule has 158 valence electrons. The Balaban J connectivity index is 1.49. The van der Waals surface area contributed by atoms with Crippen molar-refractivity contribution in [2.75, 3.05) is 44.8 Å². The minimum atomic E-state index is -0.569. The lowest BCUT2D eigenvalue weighted by Crippen LogP contribution is -2.56. The highest BCUT2D eigenvalue weighted by Gasteiger charge is 2.36. The molecule has 0 radical (unpaired) electrons. The summed E-state index contributed by atoms with van der Waals surface area (Å²) in [6.45, 7) is 2.05. The van der Waals surface area contributed by atoms with Crippen molar-refractivity contribution in [3.05, 3.63) is 30.3 Å². The second-order valence-electron chi connectivity index (χ2n) is 7.43. The molecule has 2 fully saturated rings. The van der Waals surface area contributed by atoms with Gasteiger partial charge in [-0.15, -0.1) is 0 Å². The molecule has 29 heavy (non-hydrogen) atoms. The van der Waals surface area contributed by atoms with E-state index in [9.17, 15) is 14.4 Å². The van der Waals surface area contributed by atoms with Crippen molar-refractivity contribution in [3.63, 3.8) is 0 Å². The van der Waals surface area contributed by atoms with Gasteiger partial charge in [0.25, 0.3) is 5.91 Å². The van der Waals surface area contributed by atoms with Crippen molar-refractivity contribution >= 4 is 29.5 Å². The molecule has 0 spiro atoms. The van der Waals surface area contributed by atoms with Gasteiger partial charge in [-0.3, -0.25) is 14.4 Å². The first kappa shape index (κ1) is 21.5. The number of thioether (sulfide) groups is 1. The molecule has 3 rings (SSSR count). The standard InChI is InChI=1S/C21H29N3O4S/c1-29-14-9-18(22-19(25)15-28-17-5-3-2-4-6-17)21(27)24-12-10-23(11-13-24)20(26)16-7-8-16/h2-6,16,18H,7-15H2,1H3,(H,22,25). The van der Waals surface area contributed by atoms with Crippen LogP contribution in [0.1, 0.15) is 19.3 Å². The number of piperazine rings is 1. The summed E-state index contributed by atoms with van der Waals surface area (Å²) in [7, 11) is 0. The van der Waals surface area contributed by atoms with Crippen LogP contribution in [-0.4, -0.2) is 78.4 Å². The maximum Gasteiger partial charge on any atom is 0.258 e. The number of carbonyl (C=O) groups is 3. The Morgan fingerprint density at radius 3 is 2.38 bits per heavy atom. The summed E-state index contributed by atoms with van der Waals surface area (Å²) in [6, 6.07) is 8.55. The topological polar surface area (TPSA) is 79.0 Å². The number of nitrogens with zero attached hydrogens (tertiary/aromatic N) is 2. The minimum absolute atomic E-state index is 0.0781. The average molecular weight is 420 g/mol. The number of ether oxygens (including phenoxy) is 1. The fraction of sp³-hybridized carbons (Fsp3) is 0.571. The van der Waals surface area contributed by atoms with E-state index in [-0.39, 0.29) is 30.2 Å². The molecule has 1 atom stereocenters. The normalized spacial score (nSPS) is 17.6. The number of rotatable bonds is 9. The molecule has 8 heteroatoms. The Morgan fingerprint density at radius 2 is 1.76 bits per heavy atom. The van der Waals surface area contributed by atoms with E-state index in [0.717, 1.165) is 18.6 Å². The lowest BCUT2D eigenvalue weighted by atomic mass is 10.1. The molecule has 1 heterocycles. The molecule has 0 bridgehead atoms. The summed E-state index contributed by atoms with van der Waals surface area (Å²) in [4.78, 5) is 41.2. The molecule has 1 aliphatic heterocycles. The first-order valence-electron chi connectivity index (χ1n) is 10.1. The Morgan fingerprint density at radius 1 is 1.10 bits per heavy atom. The number of nitrogens with one attached hydrogen (secondary N) is 1. The average Bonchev–Trinajstić information content (AvgIpc) is 3.60. The van der Waals surface area contributed by atoms with Gasteiger partial charge in [0.15, 0.2) is 6.61 Å². The van der Waals surface area contributed by atoms with Crippen LogP contribution in [0.25, 0.3) is 0 Å². The van der Waals surface area contributed by atoms with Gasteiger partial charge in [0, 0.05) is 32.1 Å². The highest BCUT2D eigenvalue weighted by atomic mass is 32.2. The van der Waals surface area contributed by atoms with E-state index in [4.69, 9.17) is 4.74 Å². The lowest BCUT2D eigenvalue weighted by Gasteiger charge is -2.36. The van der Waals surface area contributed by atoms with E-state index >= 15 is 0 Å². The van der Waals surface area contributed by atoms with Crippen LogP contribution >= 0.6 is 11.8 Å². The second-order valence-corrected chi connectivity index (χ2v) is 8.41. The van der Waals surface area contributed by atoms with Crippen molar-refractivity contribution < 1.29 is 19.1 Å². The highest BCUT2D eigenvalue weighted by molar-refractivity contribution is 7.98. The minimum Gasteiger partial charge on any atom is -0.484 e. The second kappa shape index (κ2) is 10.5. The van der Waals surface area contributed by atoms with E-state index in [2.05, 4.69) is 5.32 Å². The zero-order chi connectivity index (χ0) is 20.6. The monoisotopic (exact) mass is 419 g/mol. The number of hydrogen-bond acceptors (Lipinski definition) is 5. The first-order valence-corrected chi connectivity index (χ1v) is 11.5. The predicted molar refractivity (Wildman–Crippen MR) is 113 cm³/mol. The lowest BCUT2D eigenvalue weighted by molar-refractivity contribution is -0.142. The Bertz CT molecular complexity index is 703. The van der Waals surface area contributed by atoms with Crippen LogP contribution in [-0.2, 0) is 14.4 Å². The molecule has 1 unspecified atom stereocenters. The number of carbonyl (C=O) groups excluding carboxylic acids is 3. The first-order chi connectivity index (χ1) is 14.1. The summed E-state index contributed by atoms with van der Waals surface area (Å²) in [5, 5.41) is 2.83. The molecule has 7 nitrogen and oxygen atoms in total. The molecule has 1 aliphatic carbocycles. The van der Waals surface area contributed by atoms with Gasteiger partial charge in [-0.1, -0.05) is 18.2 Å². The van der Waals surface area contributed by atoms with Crippen molar-refractivity contribution in [2.24, 2.45) is 5.92 Å². The number of amides is 3. The van der Waals surface area contributed by atoms with Crippen LogP contribution in [0.4, 0.5) is 0 Å². The van der Waals surface area contributed by atoms with Gasteiger partial charge in [-0.25, -0.2) is 0 Å². The summed E-state index contributed by atoms with van der Waals surface area (Å²) in [5.41, 5.74) is 0. The van der Waals surface area contributed by atoms with Crippen LogP contribution in [0.5, 0.6) is 5.75 Å². The van der Waals surface area contributed by atoms with Crippen LogP contribution in [0.3, 0.4) is 0 Å². The van der Waals surface area contributed by atoms with Gasteiger partial charge in [-0.05, 0) is 43.4 Å². The molecule has 3 amide bonds. The molecule has 0 aromatic heterocycles. The van der Waals surface area contributed by atoms with Crippen LogP contribution < -0.4 is 10.1 Å². The third kappa shape index (κ3) is 6.39. The molecular weight excluding hydrogens is 390 g/mol. The quantitative estimate of drug-likeness (QED) is 0.654. The van der Waals surface area contributed by atoms with Gasteiger partial charge in [0.05, 0.1) is 0 Å². The van der Waals surface area contributed by atoms with E-state index < -0.39 is 6.04 Å². The van der Waals surface area contributed by atoms with E-state index in [0.29, 0.717) is 38.3 Å². The van der Waals surface area contributed by atoms with Gasteiger partial charge >= 0.3 is 0 Å². The molecule has 1 N–H and O–H groups in total. The zero-order valence-electron chi connectivity index (χ0n) is 16.8. The summed E-state index contributed by atoms with van der Waals surface area (Å²) < 4.78 is 5.48. The fourth-order valence-corrected chi connectivity index (χ4v) is 3.82. The fourth-order valence-electron chi connectivity index (χ4n) is 3.35. The van der Waals surface area contributed by atoms with Crippen molar-refractivity contribution in [1.82, 2.24) is 15.1 Å². The van der Waals surface area contributed by atoms with Crippen molar-refractivity contribution in [3.8, 4) is 5.75 Å². The third-order valence-corrected chi connectivity index (χ3v) is 5.83. The molecule has 1 aromatic rings. The number of para-hydroxylation sites is 1. The van der Waals surface area contributed by atoms with Gasteiger partial charge in [-0.2, -0.15) is 11.8 Å². The smallest absolute Gasteiger partial charge is 0.258 e. The van der Waals surface area contributed by atoms with Crippen molar-refractivity contribution in [1.29, 1.82) is 0 Å². The SMILES string of the molecule is CSCCC(NC(=O)COc1ccccc1)C(=O)N1CCN(C(=O)C2CC2)CC1. The molecule has 1 saturated carbocycles. The van der Waals surface area contributed by atoms with E-state index in [1.54, 1.807) is 28.8 Å². The summed E-state index contributed by atoms with van der Waals surface area (Å²) in [5.74, 6) is 1.43. The van der Waals surface area contributed by atoms with Crippen molar-refractivity contribution in [2.45, 2.75) is 25.3 Å². The highest BCUT2D eigenvalue weighted by Crippen LogP contribution is 2.31. The van der Waals surface area contributed by atoms with Gasteiger partial charge < -0.3 is 19.9 Å². The van der Waals surface area contributed by atoms with E-state index in [1.165, 1.54) is 0 Å². The zero-order valence-corrected chi connectivity index (χ0v) is 17.7. The van der Waals surface area contributed by atoms with Gasteiger partial charge in [0.2, 0.25) is 11.8 Å². The van der Waals surface area contributed by atoms with Crippen LogP contribution in [0.15, 0.2) is 30.3 Å². The molecule has 1 aromatic carbocycles. The molecule has 2 aliphatic rings. The predicted octanol–water partition coefficient (Wildman–Crippen LogP) is 1.38. The Kier molecular flexibility index (Phi) is 7.80. The maximum atomic E-state index is 13.0.